The van der Waals surface area contributed by atoms with Gasteiger partial charge in [0.1, 0.15) is 5.15 Å². The molecule has 25 heavy (non-hydrogen) atoms. The Morgan fingerprint density at radius 1 is 1.40 bits per heavy atom. The van der Waals surface area contributed by atoms with Crippen molar-refractivity contribution in [3.8, 4) is 0 Å². The Morgan fingerprint density at radius 2 is 2.20 bits per heavy atom. The van der Waals surface area contributed by atoms with Crippen LogP contribution in [-0.4, -0.2) is 48.1 Å². The number of benzene rings is 1. The minimum Gasteiger partial charge on any atom is -0.374 e. The van der Waals surface area contributed by atoms with Crippen molar-refractivity contribution < 1.29 is 9.53 Å². The number of aromatic nitrogens is 1. The maximum absolute atomic E-state index is 12.3. The van der Waals surface area contributed by atoms with E-state index in [1.807, 2.05) is 18.2 Å². The average molecular weight is 425 g/mol. The molecule has 132 valence electrons. The molecule has 1 amide bonds. The molecule has 1 saturated heterocycles. The van der Waals surface area contributed by atoms with Crippen molar-refractivity contribution in [1.29, 1.82) is 0 Å². The number of carbonyl (C=O) groups is 1. The fraction of sp³-hybridized carbons (Fsp3) is 0.333. The molecule has 5 nitrogen and oxygen atoms in total. The van der Waals surface area contributed by atoms with Gasteiger partial charge in [-0.25, -0.2) is 4.98 Å². The first-order valence-corrected chi connectivity index (χ1v) is 9.26. The van der Waals surface area contributed by atoms with E-state index in [1.165, 1.54) is 5.56 Å². The van der Waals surface area contributed by atoms with E-state index in [9.17, 15) is 4.79 Å². The molecule has 1 unspecified atom stereocenters. The van der Waals surface area contributed by atoms with E-state index in [4.69, 9.17) is 16.3 Å². The summed E-state index contributed by atoms with van der Waals surface area (Å²) >= 11 is 9.29. The zero-order valence-corrected chi connectivity index (χ0v) is 16.0. The molecule has 0 bridgehead atoms. The summed E-state index contributed by atoms with van der Waals surface area (Å²) in [5, 5.41) is 3.08. The van der Waals surface area contributed by atoms with Crippen LogP contribution in [0.3, 0.4) is 0 Å². The number of hydrogen-bond acceptors (Lipinski definition) is 4. The smallest absolute Gasteiger partial charge is 0.254 e. The van der Waals surface area contributed by atoms with Gasteiger partial charge in [-0.3, -0.25) is 9.69 Å². The lowest BCUT2D eigenvalue weighted by Gasteiger charge is -2.33. The predicted octanol–water partition coefficient (Wildman–Crippen LogP) is 3.13. The first kappa shape index (κ1) is 18.3. The number of pyridine rings is 1. The third-order valence-corrected chi connectivity index (χ3v) is 4.75. The van der Waals surface area contributed by atoms with Crippen LogP contribution < -0.4 is 5.32 Å². The van der Waals surface area contributed by atoms with Crippen LogP contribution in [0.2, 0.25) is 5.15 Å². The van der Waals surface area contributed by atoms with Gasteiger partial charge in [0.2, 0.25) is 0 Å². The standard InChI is InChI=1S/C18H19BrClN3O2/c19-14-8-16(17(20)21-9-14)18(24)22-10-15-12-23(6-7-25-15)11-13-4-2-1-3-5-13/h1-5,8-9,15H,6-7,10-12H2,(H,22,24). The summed E-state index contributed by atoms with van der Waals surface area (Å²) in [4.78, 5) is 18.6. The number of hydrogen-bond donors (Lipinski definition) is 1. The molecule has 2 heterocycles. The van der Waals surface area contributed by atoms with Crippen molar-refractivity contribution in [1.82, 2.24) is 15.2 Å². The number of nitrogens with one attached hydrogen (secondary N) is 1. The number of rotatable bonds is 5. The zero-order chi connectivity index (χ0) is 17.6. The minimum absolute atomic E-state index is 0.0414. The van der Waals surface area contributed by atoms with Crippen LogP contribution in [0.25, 0.3) is 0 Å². The topological polar surface area (TPSA) is 54.5 Å². The van der Waals surface area contributed by atoms with Gasteiger partial charge in [-0.05, 0) is 27.6 Å². The van der Waals surface area contributed by atoms with Gasteiger partial charge < -0.3 is 10.1 Å². The second kappa shape index (κ2) is 8.76. The normalized spacial score (nSPS) is 18.1. The van der Waals surface area contributed by atoms with Gasteiger partial charge in [0.05, 0.1) is 18.3 Å². The zero-order valence-electron chi connectivity index (χ0n) is 13.6. The highest BCUT2D eigenvalue weighted by molar-refractivity contribution is 9.10. The third-order valence-electron chi connectivity index (χ3n) is 4.01. The number of ether oxygens (including phenoxy) is 1. The van der Waals surface area contributed by atoms with E-state index in [-0.39, 0.29) is 17.2 Å². The summed E-state index contributed by atoms with van der Waals surface area (Å²) in [5.74, 6) is -0.248. The molecule has 1 aromatic heterocycles. The molecule has 0 spiro atoms. The van der Waals surface area contributed by atoms with Crippen molar-refractivity contribution in [3.05, 3.63) is 63.3 Å². The maximum Gasteiger partial charge on any atom is 0.254 e. The van der Waals surface area contributed by atoms with Crippen LogP contribution in [0.4, 0.5) is 0 Å². The summed E-state index contributed by atoms with van der Waals surface area (Å²) in [7, 11) is 0. The van der Waals surface area contributed by atoms with E-state index in [0.29, 0.717) is 23.2 Å². The Morgan fingerprint density at radius 3 is 3.00 bits per heavy atom. The van der Waals surface area contributed by atoms with Gasteiger partial charge in [0.25, 0.3) is 5.91 Å². The van der Waals surface area contributed by atoms with Gasteiger partial charge >= 0.3 is 0 Å². The SMILES string of the molecule is O=C(NCC1CN(Cc2ccccc2)CCO1)c1cc(Br)cnc1Cl. The molecule has 1 aliphatic heterocycles. The Hall–Kier alpha value is -1.47. The second-order valence-corrected chi connectivity index (χ2v) is 7.19. The van der Waals surface area contributed by atoms with Crippen LogP contribution in [0.15, 0.2) is 47.1 Å². The fourth-order valence-corrected chi connectivity index (χ4v) is 3.29. The summed E-state index contributed by atoms with van der Waals surface area (Å²) in [6.07, 6.45) is 1.52. The molecular formula is C18H19BrClN3O2. The summed E-state index contributed by atoms with van der Waals surface area (Å²) in [6.45, 7) is 3.65. The molecule has 1 N–H and O–H groups in total. The van der Waals surface area contributed by atoms with Crippen molar-refractivity contribution in [2.24, 2.45) is 0 Å². The van der Waals surface area contributed by atoms with Gasteiger partial charge in [-0.2, -0.15) is 0 Å². The van der Waals surface area contributed by atoms with Crippen LogP contribution >= 0.6 is 27.5 Å². The molecule has 1 aliphatic rings. The van der Waals surface area contributed by atoms with E-state index >= 15 is 0 Å². The van der Waals surface area contributed by atoms with Crippen LogP contribution in [0, 0.1) is 0 Å². The van der Waals surface area contributed by atoms with Crippen LogP contribution in [0.5, 0.6) is 0 Å². The highest BCUT2D eigenvalue weighted by Gasteiger charge is 2.22. The highest BCUT2D eigenvalue weighted by atomic mass is 79.9. The lowest BCUT2D eigenvalue weighted by atomic mass is 10.2. The van der Waals surface area contributed by atoms with Gasteiger partial charge in [-0.1, -0.05) is 41.9 Å². The number of amides is 1. The Labute approximate surface area is 160 Å². The fourth-order valence-electron chi connectivity index (χ4n) is 2.77. The third kappa shape index (κ3) is 5.25. The Kier molecular flexibility index (Phi) is 6.42. The Balaban J connectivity index is 1.52. The molecule has 0 radical (unpaired) electrons. The van der Waals surface area contributed by atoms with E-state index in [2.05, 4.69) is 43.3 Å². The number of morpholine rings is 1. The van der Waals surface area contributed by atoms with Crippen molar-refractivity contribution in [2.45, 2.75) is 12.6 Å². The molecule has 1 fully saturated rings. The van der Waals surface area contributed by atoms with Gasteiger partial charge in [0, 0.05) is 36.8 Å². The van der Waals surface area contributed by atoms with Crippen molar-refractivity contribution in [2.75, 3.05) is 26.2 Å². The molecule has 3 rings (SSSR count). The summed E-state index contributed by atoms with van der Waals surface area (Å²) in [6, 6.07) is 12.0. The number of halogens is 2. The highest BCUT2D eigenvalue weighted by Crippen LogP contribution is 2.18. The first-order valence-electron chi connectivity index (χ1n) is 8.09. The summed E-state index contributed by atoms with van der Waals surface area (Å²) in [5.41, 5.74) is 1.63. The molecule has 0 aliphatic carbocycles. The van der Waals surface area contributed by atoms with E-state index < -0.39 is 0 Å². The van der Waals surface area contributed by atoms with Crippen LogP contribution in [0.1, 0.15) is 15.9 Å². The minimum atomic E-state index is -0.248. The number of carbonyl (C=O) groups excluding carboxylic acids is 1. The van der Waals surface area contributed by atoms with Crippen molar-refractivity contribution in [3.63, 3.8) is 0 Å². The largest absolute Gasteiger partial charge is 0.374 e. The molecule has 1 aromatic carbocycles. The van der Waals surface area contributed by atoms with Crippen LogP contribution in [-0.2, 0) is 11.3 Å². The second-order valence-electron chi connectivity index (χ2n) is 5.92. The molecular weight excluding hydrogens is 406 g/mol. The van der Waals surface area contributed by atoms with Gasteiger partial charge in [0.15, 0.2) is 0 Å². The molecule has 1 atom stereocenters. The van der Waals surface area contributed by atoms with E-state index in [1.54, 1.807) is 12.3 Å². The first-order chi connectivity index (χ1) is 12.1. The average Bonchev–Trinajstić information content (AvgIpc) is 2.63. The molecule has 0 saturated carbocycles. The monoisotopic (exact) mass is 423 g/mol. The van der Waals surface area contributed by atoms with E-state index in [0.717, 1.165) is 19.6 Å². The predicted molar refractivity (Wildman–Crippen MR) is 101 cm³/mol. The lowest BCUT2D eigenvalue weighted by molar-refractivity contribution is -0.0292. The quantitative estimate of drug-likeness (QED) is 0.749. The van der Waals surface area contributed by atoms with Crippen molar-refractivity contribution >= 4 is 33.4 Å². The maximum atomic E-state index is 12.3. The van der Waals surface area contributed by atoms with Gasteiger partial charge in [-0.15, -0.1) is 0 Å². The Bertz CT molecular complexity index is 730. The number of nitrogens with zero attached hydrogens (tertiary/aromatic N) is 2. The summed E-state index contributed by atoms with van der Waals surface area (Å²) < 4.78 is 6.48. The lowest BCUT2D eigenvalue weighted by Crippen LogP contribution is -2.47. The molecule has 7 heteroatoms. The molecule has 2 aromatic rings.